The number of anilines is 2. The Morgan fingerprint density at radius 1 is 1.19 bits per heavy atom. The Balaban J connectivity index is 1.60. The average Bonchev–Trinajstić information content (AvgIpc) is 2.69. The van der Waals surface area contributed by atoms with Crippen LogP contribution in [-0.4, -0.2) is 38.4 Å². The van der Waals surface area contributed by atoms with Crippen molar-refractivity contribution in [1.82, 2.24) is 0 Å². The van der Waals surface area contributed by atoms with E-state index in [2.05, 4.69) is 5.32 Å². The minimum Gasteiger partial charge on any atom is -0.497 e. The van der Waals surface area contributed by atoms with Crippen LogP contribution in [0, 0.1) is 0 Å². The van der Waals surface area contributed by atoms with Crippen molar-refractivity contribution in [2.75, 3.05) is 31.0 Å². The number of ketones is 1. The first-order valence-electron chi connectivity index (χ1n) is 8.48. The van der Waals surface area contributed by atoms with Crippen molar-refractivity contribution in [2.24, 2.45) is 0 Å². The molecule has 0 atom stereocenters. The van der Waals surface area contributed by atoms with E-state index in [1.807, 2.05) is 0 Å². The summed E-state index contributed by atoms with van der Waals surface area (Å²) in [7, 11) is 3.19. The zero-order valence-corrected chi connectivity index (χ0v) is 15.2. The molecule has 0 spiro atoms. The monoisotopic (exact) mass is 368 g/mol. The van der Waals surface area contributed by atoms with E-state index >= 15 is 0 Å². The normalized spacial score (nSPS) is 12.8. The highest BCUT2D eigenvalue weighted by molar-refractivity contribution is 6.03. The van der Waals surface area contributed by atoms with E-state index < -0.39 is 0 Å². The highest BCUT2D eigenvalue weighted by Crippen LogP contribution is 2.32. The summed E-state index contributed by atoms with van der Waals surface area (Å²) in [6.45, 7) is -0.0127. The lowest BCUT2D eigenvalue weighted by Crippen LogP contribution is -2.35. The summed E-state index contributed by atoms with van der Waals surface area (Å²) >= 11 is 0. The maximum absolute atomic E-state index is 12.4. The Morgan fingerprint density at radius 3 is 2.78 bits per heavy atom. The third-order valence-electron chi connectivity index (χ3n) is 4.30. The Morgan fingerprint density at radius 2 is 2.00 bits per heavy atom. The van der Waals surface area contributed by atoms with Crippen LogP contribution in [0.2, 0.25) is 0 Å². The van der Waals surface area contributed by atoms with E-state index in [9.17, 15) is 14.4 Å². The molecule has 0 bridgehead atoms. The summed E-state index contributed by atoms with van der Waals surface area (Å²) < 4.78 is 10.5. The molecule has 0 aliphatic carbocycles. The van der Waals surface area contributed by atoms with Crippen molar-refractivity contribution in [3.8, 4) is 11.5 Å². The summed E-state index contributed by atoms with van der Waals surface area (Å²) in [5, 5.41) is 2.74. The maximum Gasteiger partial charge on any atom is 0.264 e. The lowest BCUT2D eigenvalue weighted by atomic mass is 10.0. The van der Waals surface area contributed by atoms with Gasteiger partial charge in [0, 0.05) is 37.2 Å². The molecule has 0 aromatic heterocycles. The molecule has 0 saturated heterocycles. The maximum atomic E-state index is 12.4. The third-order valence-corrected chi connectivity index (χ3v) is 4.30. The second-order valence-corrected chi connectivity index (χ2v) is 6.13. The molecule has 2 amide bonds. The first kappa shape index (κ1) is 18.4. The van der Waals surface area contributed by atoms with Gasteiger partial charge in [0.05, 0.1) is 12.8 Å². The number of hydrogen-bond donors (Lipinski definition) is 1. The van der Waals surface area contributed by atoms with Crippen LogP contribution in [0.1, 0.15) is 23.2 Å². The van der Waals surface area contributed by atoms with Crippen molar-refractivity contribution < 1.29 is 23.9 Å². The van der Waals surface area contributed by atoms with Gasteiger partial charge in [-0.1, -0.05) is 6.07 Å². The number of likely N-dealkylation sites (N-methyl/N-ethyl adjacent to an activating group) is 1. The van der Waals surface area contributed by atoms with Gasteiger partial charge in [-0.05, 0) is 30.3 Å². The molecule has 2 aromatic rings. The van der Waals surface area contributed by atoms with Crippen LogP contribution < -0.4 is 19.7 Å². The summed E-state index contributed by atoms with van der Waals surface area (Å²) in [4.78, 5) is 37.7. The number of nitrogens with zero attached hydrogens (tertiary/aromatic N) is 1. The molecule has 140 valence electrons. The Labute approximate surface area is 156 Å². The molecule has 0 unspecified atom stereocenters. The molecular weight excluding hydrogens is 348 g/mol. The molecule has 0 saturated carbocycles. The number of nitrogens with one attached hydrogen (secondary N) is 1. The van der Waals surface area contributed by atoms with Gasteiger partial charge in [0.1, 0.15) is 11.5 Å². The van der Waals surface area contributed by atoms with Gasteiger partial charge in [0.15, 0.2) is 12.4 Å². The molecule has 27 heavy (non-hydrogen) atoms. The number of carbonyl (C=O) groups excluding carboxylic acids is 3. The van der Waals surface area contributed by atoms with Crippen LogP contribution in [-0.2, 0) is 9.59 Å². The molecule has 3 rings (SSSR count). The first-order chi connectivity index (χ1) is 13.0. The van der Waals surface area contributed by atoms with E-state index in [0.717, 1.165) is 0 Å². The van der Waals surface area contributed by atoms with Gasteiger partial charge >= 0.3 is 0 Å². The number of ether oxygens (including phenoxy) is 2. The number of hydrogen-bond acceptors (Lipinski definition) is 5. The fourth-order valence-corrected chi connectivity index (χ4v) is 2.74. The number of benzene rings is 2. The smallest absolute Gasteiger partial charge is 0.264 e. The molecular formula is C20H20N2O5. The van der Waals surface area contributed by atoms with E-state index in [1.54, 1.807) is 56.6 Å². The second kappa shape index (κ2) is 7.90. The van der Waals surface area contributed by atoms with Crippen LogP contribution in [0.15, 0.2) is 42.5 Å². The van der Waals surface area contributed by atoms with Gasteiger partial charge in [0.2, 0.25) is 5.91 Å². The molecule has 0 fully saturated rings. The van der Waals surface area contributed by atoms with Gasteiger partial charge in [-0.15, -0.1) is 0 Å². The van der Waals surface area contributed by atoms with Crippen LogP contribution in [0.5, 0.6) is 11.5 Å². The van der Waals surface area contributed by atoms with Crippen LogP contribution >= 0.6 is 0 Å². The zero-order chi connectivity index (χ0) is 19.4. The summed E-state index contributed by atoms with van der Waals surface area (Å²) in [6.07, 6.45) is 0.117. The molecule has 7 heteroatoms. The van der Waals surface area contributed by atoms with Crippen molar-refractivity contribution >= 4 is 29.0 Å². The zero-order valence-electron chi connectivity index (χ0n) is 15.2. The largest absolute Gasteiger partial charge is 0.497 e. The molecule has 7 nitrogen and oxygen atoms in total. The number of carbonyl (C=O) groups is 3. The van der Waals surface area contributed by atoms with Crippen LogP contribution in [0.4, 0.5) is 11.4 Å². The van der Waals surface area contributed by atoms with E-state index in [4.69, 9.17) is 9.47 Å². The fourth-order valence-electron chi connectivity index (χ4n) is 2.74. The summed E-state index contributed by atoms with van der Waals surface area (Å²) in [5.41, 5.74) is 1.60. The molecule has 2 aromatic carbocycles. The minimum atomic E-state index is -0.259. The standard InChI is InChI=1S/C20H20N2O5/c1-22-16-10-13(6-8-18(16)27-12-20(22)25)17(23)7-9-19(24)21-14-4-3-5-15(11-14)26-2/h3-6,8,10-11H,7,9,12H2,1-2H3,(H,21,24). The van der Waals surface area contributed by atoms with Crippen LogP contribution in [0.3, 0.4) is 0 Å². The van der Waals surface area contributed by atoms with Gasteiger partial charge in [-0.2, -0.15) is 0 Å². The number of fused-ring (bicyclic) bond motifs is 1. The van der Waals surface area contributed by atoms with E-state index in [0.29, 0.717) is 28.4 Å². The van der Waals surface area contributed by atoms with Crippen molar-refractivity contribution in [3.63, 3.8) is 0 Å². The van der Waals surface area contributed by atoms with Crippen molar-refractivity contribution in [2.45, 2.75) is 12.8 Å². The quantitative estimate of drug-likeness (QED) is 0.793. The van der Waals surface area contributed by atoms with Crippen molar-refractivity contribution in [1.29, 1.82) is 0 Å². The number of rotatable bonds is 6. The highest BCUT2D eigenvalue weighted by Gasteiger charge is 2.23. The van der Waals surface area contributed by atoms with E-state index in [-0.39, 0.29) is 37.0 Å². The van der Waals surface area contributed by atoms with E-state index in [1.165, 1.54) is 4.90 Å². The average molecular weight is 368 g/mol. The topological polar surface area (TPSA) is 84.9 Å². The molecule has 0 radical (unpaired) electrons. The Hall–Kier alpha value is -3.35. The molecule has 1 heterocycles. The minimum absolute atomic E-state index is 0.0127. The molecule has 1 aliphatic heterocycles. The molecule has 1 aliphatic rings. The third kappa shape index (κ3) is 4.25. The Kier molecular flexibility index (Phi) is 5.40. The first-order valence-corrected chi connectivity index (χ1v) is 8.48. The van der Waals surface area contributed by atoms with Gasteiger partial charge in [-0.3, -0.25) is 14.4 Å². The highest BCUT2D eigenvalue weighted by atomic mass is 16.5. The predicted molar refractivity (Wildman–Crippen MR) is 101 cm³/mol. The van der Waals surface area contributed by atoms with Gasteiger partial charge in [-0.25, -0.2) is 0 Å². The Bertz CT molecular complexity index is 894. The van der Waals surface area contributed by atoms with Gasteiger partial charge in [0.25, 0.3) is 5.91 Å². The van der Waals surface area contributed by atoms with Gasteiger partial charge < -0.3 is 19.7 Å². The van der Waals surface area contributed by atoms with Crippen molar-refractivity contribution in [3.05, 3.63) is 48.0 Å². The lowest BCUT2D eigenvalue weighted by molar-refractivity contribution is -0.121. The number of methoxy groups -OCH3 is 1. The summed E-state index contributed by atoms with van der Waals surface area (Å²) in [6, 6.07) is 11.9. The fraction of sp³-hybridized carbons (Fsp3) is 0.250. The summed E-state index contributed by atoms with van der Waals surface area (Å²) in [5.74, 6) is 0.586. The predicted octanol–water partition coefficient (Wildman–Crippen LogP) is 2.65. The molecule has 1 N–H and O–H groups in total. The SMILES string of the molecule is COc1cccc(NC(=O)CCC(=O)c2ccc3c(c2)N(C)C(=O)CO3)c1. The number of amides is 2. The van der Waals surface area contributed by atoms with Crippen LogP contribution in [0.25, 0.3) is 0 Å². The number of Topliss-reactive ketones (excluding diaryl/α,β-unsaturated/α-hetero) is 1. The lowest BCUT2D eigenvalue weighted by Gasteiger charge is -2.26. The second-order valence-electron chi connectivity index (χ2n) is 6.13.